The molecule has 2 fully saturated rings. The summed E-state index contributed by atoms with van der Waals surface area (Å²) in [5.74, 6) is 0. The lowest BCUT2D eigenvalue weighted by molar-refractivity contribution is 0.329. The fourth-order valence-electron chi connectivity index (χ4n) is 3.84. The molecular formula is C22H24O2S. The number of ether oxygens (including phenoxy) is 1. The molecule has 2 aliphatic rings. The van der Waals surface area contributed by atoms with Gasteiger partial charge in [0.1, 0.15) is 5.60 Å². The molecule has 0 aromatic heterocycles. The highest BCUT2D eigenvalue weighted by Gasteiger charge is 2.55. The van der Waals surface area contributed by atoms with E-state index in [1.54, 1.807) is 0 Å². The van der Waals surface area contributed by atoms with Crippen molar-refractivity contribution in [3.63, 3.8) is 0 Å². The van der Waals surface area contributed by atoms with Crippen molar-refractivity contribution in [1.29, 1.82) is 0 Å². The van der Waals surface area contributed by atoms with Gasteiger partial charge >= 0.3 is 0 Å². The maximum atomic E-state index is 13.1. The topological polar surface area (TPSA) is 29.6 Å². The van der Waals surface area contributed by atoms with Crippen LogP contribution in [0.5, 0.6) is 0 Å². The molecule has 4 rings (SSSR count). The van der Waals surface area contributed by atoms with Crippen molar-refractivity contribution in [3.8, 4) is 0 Å². The number of hydrogen-bond acceptors (Lipinski definition) is 2. The molecule has 0 amide bonds. The first-order valence-electron chi connectivity index (χ1n) is 9.06. The zero-order valence-electron chi connectivity index (χ0n) is 14.6. The van der Waals surface area contributed by atoms with Gasteiger partial charge < -0.3 is 4.74 Å². The first-order chi connectivity index (χ1) is 12.2. The Kier molecular flexibility index (Phi) is 4.61. The van der Waals surface area contributed by atoms with E-state index < -0.39 is 10.8 Å². The van der Waals surface area contributed by atoms with Gasteiger partial charge in [0.05, 0.1) is 16.9 Å². The van der Waals surface area contributed by atoms with Crippen LogP contribution in [0.15, 0.2) is 71.1 Å². The van der Waals surface area contributed by atoms with E-state index in [0.717, 1.165) is 30.6 Å². The Balaban J connectivity index is 1.64. The van der Waals surface area contributed by atoms with Crippen LogP contribution >= 0.6 is 0 Å². The molecule has 1 unspecified atom stereocenters. The molecule has 0 spiro atoms. The van der Waals surface area contributed by atoms with Gasteiger partial charge in [-0.05, 0) is 55.9 Å². The second-order valence-electron chi connectivity index (χ2n) is 7.16. The van der Waals surface area contributed by atoms with Crippen LogP contribution in [0.4, 0.5) is 0 Å². The molecule has 2 aromatic rings. The van der Waals surface area contributed by atoms with E-state index in [9.17, 15) is 4.21 Å². The van der Waals surface area contributed by atoms with E-state index in [4.69, 9.17) is 4.74 Å². The smallest absolute Gasteiger partial charge is 0.113 e. The van der Waals surface area contributed by atoms with Crippen LogP contribution in [0.3, 0.4) is 0 Å². The molecule has 0 N–H and O–H groups in total. The highest BCUT2D eigenvalue weighted by Crippen LogP contribution is 2.49. The Morgan fingerprint density at radius 1 is 1.04 bits per heavy atom. The number of fused-ring (bicyclic) bond motifs is 1. The van der Waals surface area contributed by atoms with Crippen molar-refractivity contribution in [1.82, 2.24) is 0 Å². The van der Waals surface area contributed by atoms with Crippen molar-refractivity contribution in [3.05, 3.63) is 71.8 Å². The van der Waals surface area contributed by atoms with Crippen molar-refractivity contribution in [2.75, 3.05) is 0 Å². The van der Waals surface area contributed by atoms with Crippen molar-refractivity contribution in [2.45, 2.75) is 54.5 Å². The molecule has 1 aliphatic heterocycles. The minimum atomic E-state index is -0.978. The zero-order valence-corrected chi connectivity index (χ0v) is 15.4. The van der Waals surface area contributed by atoms with Gasteiger partial charge in [-0.25, -0.2) is 0 Å². The summed E-state index contributed by atoms with van der Waals surface area (Å²) in [6, 6.07) is 20.3. The van der Waals surface area contributed by atoms with Crippen LogP contribution in [0, 0.1) is 0 Å². The number of rotatable bonds is 3. The molecule has 25 heavy (non-hydrogen) atoms. The maximum Gasteiger partial charge on any atom is 0.113 e. The summed E-state index contributed by atoms with van der Waals surface area (Å²) < 4.78 is 19.2. The lowest BCUT2D eigenvalue weighted by atomic mass is 9.86. The van der Waals surface area contributed by atoms with Gasteiger partial charge in [0.25, 0.3) is 0 Å². The van der Waals surface area contributed by atoms with Gasteiger partial charge in [-0.3, -0.25) is 4.21 Å². The normalized spacial score (nSPS) is 31.6. The average molecular weight is 352 g/mol. The first-order valence-corrected chi connectivity index (χ1v) is 10.3. The van der Waals surface area contributed by atoms with Gasteiger partial charge in [0.2, 0.25) is 0 Å². The summed E-state index contributed by atoms with van der Waals surface area (Å²) in [5, 5.41) is 0.152. The van der Waals surface area contributed by atoms with E-state index in [2.05, 4.69) is 37.3 Å². The van der Waals surface area contributed by atoms with Gasteiger partial charge in [-0.15, -0.1) is 0 Å². The van der Waals surface area contributed by atoms with Gasteiger partial charge in [0.15, 0.2) is 0 Å². The molecule has 1 saturated carbocycles. The monoisotopic (exact) mass is 352 g/mol. The highest BCUT2D eigenvalue weighted by atomic mass is 32.2. The van der Waals surface area contributed by atoms with Crippen molar-refractivity contribution >= 4 is 16.9 Å². The molecule has 1 heterocycles. The van der Waals surface area contributed by atoms with Crippen molar-refractivity contribution < 1.29 is 8.95 Å². The highest BCUT2D eigenvalue weighted by molar-refractivity contribution is 7.85. The summed E-state index contributed by atoms with van der Waals surface area (Å²) in [4.78, 5) is 0.936. The fraction of sp³-hybridized carbons (Fsp3) is 0.364. The van der Waals surface area contributed by atoms with Crippen LogP contribution in [0.1, 0.15) is 38.2 Å². The van der Waals surface area contributed by atoms with Crippen LogP contribution in [-0.4, -0.2) is 21.2 Å². The molecule has 4 atom stereocenters. The molecule has 2 aromatic carbocycles. The first kappa shape index (κ1) is 16.7. The van der Waals surface area contributed by atoms with Gasteiger partial charge in [0, 0.05) is 10.1 Å². The van der Waals surface area contributed by atoms with E-state index in [1.165, 1.54) is 11.1 Å². The summed E-state index contributed by atoms with van der Waals surface area (Å²) in [6.45, 7) is 2.19. The van der Waals surface area contributed by atoms with E-state index in [0.29, 0.717) is 6.10 Å². The summed E-state index contributed by atoms with van der Waals surface area (Å²) >= 11 is 0. The fourth-order valence-corrected chi connectivity index (χ4v) is 5.36. The molecule has 3 heteroatoms. The second-order valence-corrected chi connectivity index (χ2v) is 8.89. The Bertz CT molecular complexity index is 784. The predicted molar refractivity (Wildman–Crippen MR) is 103 cm³/mol. The predicted octanol–water partition coefficient (Wildman–Crippen LogP) is 4.98. The molecule has 2 nitrogen and oxygen atoms in total. The Morgan fingerprint density at radius 3 is 2.44 bits per heavy atom. The maximum absolute atomic E-state index is 13.1. The van der Waals surface area contributed by atoms with Crippen LogP contribution in [-0.2, 0) is 15.5 Å². The summed E-state index contributed by atoms with van der Waals surface area (Å²) in [7, 11) is -0.978. The lowest BCUT2D eigenvalue weighted by Crippen LogP contribution is -2.25. The van der Waals surface area contributed by atoms with Crippen LogP contribution in [0.2, 0.25) is 0 Å². The molecule has 0 radical (unpaired) electrons. The van der Waals surface area contributed by atoms with Crippen molar-refractivity contribution in [2.24, 2.45) is 0 Å². The molecule has 130 valence electrons. The van der Waals surface area contributed by atoms with E-state index in [1.807, 2.05) is 36.4 Å². The number of epoxide rings is 1. The van der Waals surface area contributed by atoms with E-state index >= 15 is 0 Å². The number of hydrogen-bond donors (Lipinski definition) is 0. The summed E-state index contributed by atoms with van der Waals surface area (Å²) in [6.07, 6.45) is 6.55. The third-order valence-corrected chi connectivity index (χ3v) is 7.19. The third-order valence-electron chi connectivity index (χ3n) is 5.44. The Labute approximate surface area is 152 Å². The van der Waals surface area contributed by atoms with E-state index in [-0.39, 0.29) is 10.9 Å². The SMILES string of the molecule is C[C@]12O[C@H]1CCC[C@H](S(=O)c1ccccc1)C/C2=C\c1ccccc1. The third kappa shape index (κ3) is 3.49. The molecule has 1 saturated heterocycles. The standard InChI is InChI=1S/C22H24O2S/c1-22-18(15-17-9-4-2-5-10-17)16-20(13-8-14-21(22)24-22)25(23)19-11-6-3-7-12-19/h2-7,9-12,15,20-21H,8,13-14,16H2,1H3/b18-15+/t20-,21-,22+,25?/m0/s1. The molecular weight excluding hydrogens is 328 g/mol. The Hall–Kier alpha value is -1.71. The molecule has 0 bridgehead atoms. The van der Waals surface area contributed by atoms with Gasteiger partial charge in [-0.1, -0.05) is 54.6 Å². The average Bonchev–Trinajstić information content (AvgIpc) is 3.30. The zero-order chi connectivity index (χ0) is 17.3. The second kappa shape index (κ2) is 6.89. The van der Waals surface area contributed by atoms with Crippen LogP contribution < -0.4 is 0 Å². The number of benzene rings is 2. The lowest BCUT2D eigenvalue weighted by Gasteiger charge is -2.23. The van der Waals surface area contributed by atoms with Gasteiger partial charge in [-0.2, -0.15) is 0 Å². The minimum absolute atomic E-state index is 0.152. The summed E-state index contributed by atoms with van der Waals surface area (Å²) in [5.41, 5.74) is 2.31. The van der Waals surface area contributed by atoms with Crippen LogP contribution in [0.25, 0.3) is 6.08 Å². The Morgan fingerprint density at radius 2 is 1.72 bits per heavy atom. The molecule has 1 aliphatic carbocycles. The minimum Gasteiger partial charge on any atom is -0.362 e. The quantitative estimate of drug-likeness (QED) is 0.729. The largest absolute Gasteiger partial charge is 0.362 e.